The molecular formula is C19H23NO2S3. The minimum absolute atomic E-state index is 0.0214. The van der Waals surface area contributed by atoms with Gasteiger partial charge in [-0.3, -0.25) is 0 Å². The zero-order valence-corrected chi connectivity index (χ0v) is 16.7. The van der Waals surface area contributed by atoms with Crippen LogP contribution in [0, 0.1) is 11.8 Å². The van der Waals surface area contributed by atoms with Gasteiger partial charge in [0.05, 0.1) is 19.6 Å². The Kier molecular flexibility index (Phi) is 4.59. The summed E-state index contributed by atoms with van der Waals surface area (Å²) in [6, 6.07) is 9.34. The van der Waals surface area contributed by atoms with Gasteiger partial charge in [0.1, 0.15) is 5.60 Å². The lowest BCUT2D eigenvalue weighted by molar-refractivity contribution is 0.0666. The molecule has 1 aliphatic heterocycles. The number of thioether (sulfide) groups is 2. The normalized spacial score (nSPS) is 34.8. The molecule has 1 fully saturated rings. The van der Waals surface area contributed by atoms with Gasteiger partial charge in [-0.25, -0.2) is 8.57 Å². The van der Waals surface area contributed by atoms with E-state index in [1.54, 1.807) is 7.05 Å². The number of aliphatic hydroxyl groups is 1. The van der Waals surface area contributed by atoms with Crippen molar-refractivity contribution in [3.05, 3.63) is 54.6 Å². The molecule has 4 atom stereocenters. The van der Waals surface area contributed by atoms with Crippen LogP contribution in [0.2, 0.25) is 0 Å². The summed E-state index contributed by atoms with van der Waals surface area (Å²) in [5, 5.41) is 11.5. The lowest BCUT2D eigenvalue weighted by Crippen LogP contribution is -2.44. The number of rotatable bonds is 3. The molecule has 3 nitrogen and oxygen atoms in total. The van der Waals surface area contributed by atoms with E-state index in [9.17, 15) is 9.32 Å². The Morgan fingerprint density at radius 3 is 2.60 bits per heavy atom. The first-order valence-corrected chi connectivity index (χ1v) is 12.2. The Morgan fingerprint density at radius 2 is 1.92 bits per heavy atom. The molecule has 0 saturated carbocycles. The van der Waals surface area contributed by atoms with Gasteiger partial charge in [0, 0.05) is 35.3 Å². The molecule has 0 aromatic heterocycles. The number of benzene rings is 1. The zero-order chi connectivity index (χ0) is 17.5. The standard InChI is InChI=1S/C19H23NO2S3/c1-20-25(22,17-5-3-2-4-6-17)14-18(21)10-9-15-7-8-16(18)13-19(15)23-11-12-24-19/h2-10,15-16,21H,11-14H2,1H3/t15-,16+,18+,25-/m1/s1. The lowest BCUT2D eigenvalue weighted by atomic mass is 9.82. The van der Waals surface area contributed by atoms with E-state index in [0.717, 1.165) is 6.42 Å². The fraction of sp³-hybridized carbons (Fsp3) is 0.474. The summed E-state index contributed by atoms with van der Waals surface area (Å²) in [5.74, 6) is 2.79. The summed E-state index contributed by atoms with van der Waals surface area (Å²) in [6.45, 7) is 0. The van der Waals surface area contributed by atoms with Crippen molar-refractivity contribution in [2.75, 3.05) is 24.3 Å². The van der Waals surface area contributed by atoms with Gasteiger partial charge in [0.15, 0.2) is 0 Å². The van der Waals surface area contributed by atoms with Crippen LogP contribution in [0.3, 0.4) is 0 Å². The summed E-state index contributed by atoms with van der Waals surface area (Å²) in [6.07, 6.45) is 9.33. The second kappa shape index (κ2) is 6.48. The van der Waals surface area contributed by atoms with Crippen molar-refractivity contribution in [3.8, 4) is 0 Å². The highest BCUT2D eigenvalue weighted by Gasteiger charge is 2.51. The van der Waals surface area contributed by atoms with Gasteiger partial charge < -0.3 is 5.11 Å². The molecule has 1 heterocycles. The highest BCUT2D eigenvalue weighted by molar-refractivity contribution is 8.21. The molecule has 6 heteroatoms. The van der Waals surface area contributed by atoms with Crippen LogP contribution in [0.4, 0.5) is 0 Å². The largest absolute Gasteiger partial charge is 0.384 e. The molecule has 1 aromatic carbocycles. The van der Waals surface area contributed by atoms with Gasteiger partial charge in [-0.15, -0.1) is 23.5 Å². The molecular weight excluding hydrogens is 370 g/mol. The Bertz CT molecular complexity index is 820. The maximum Gasteiger partial charge on any atom is 0.102 e. The summed E-state index contributed by atoms with van der Waals surface area (Å²) < 4.78 is 17.9. The smallest absolute Gasteiger partial charge is 0.102 e. The summed E-state index contributed by atoms with van der Waals surface area (Å²) >= 11 is 4.04. The Hall–Kier alpha value is -0.690. The predicted molar refractivity (Wildman–Crippen MR) is 109 cm³/mol. The summed E-state index contributed by atoms with van der Waals surface area (Å²) in [7, 11) is -1.07. The first kappa shape index (κ1) is 17.7. The number of allylic oxidation sites excluding steroid dienone is 2. The monoisotopic (exact) mass is 393 g/mol. The zero-order valence-electron chi connectivity index (χ0n) is 14.2. The first-order chi connectivity index (χ1) is 12.0. The van der Waals surface area contributed by atoms with Gasteiger partial charge in [0.2, 0.25) is 0 Å². The molecule has 2 bridgehead atoms. The van der Waals surface area contributed by atoms with Crippen LogP contribution >= 0.6 is 23.5 Å². The first-order valence-electron chi connectivity index (χ1n) is 8.56. The Balaban J connectivity index is 1.69. The van der Waals surface area contributed by atoms with Crippen molar-refractivity contribution < 1.29 is 9.32 Å². The van der Waals surface area contributed by atoms with Crippen LogP contribution in [0.5, 0.6) is 0 Å². The van der Waals surface area contributed by atoms with E-state index in [2.05, 4.69) is 22.6 Å². The van der Waals surface area contributed by atoms with Crippen LogP contribution in [-0.4, -0.2) is 43.3 Å². The van der Waals surface area contributed by atoms with E-state index in [0.29, 0.717) is 10.8 Å². The van der Waals surface area contributed by atoms with Crippen molar-refractivity contribution in [1.29, 1.82) is 0 Å². The quantitative estimate of drug-likeness (QED) is 0.794. The average Bonchev–Trinajstić information content (AvgIpc) is 2.99. The van der Waals surface area contributed by atoms with Crippen LogP contribution in [0.15, 0.2) is 63.9 Å². The maximum atomic E-state index is 13.5. The van der Waals surface area contributed by atoms with Crippen LogP contribution in [0.1, 0.15) is 6.42 Å². The number of nitrogens with zero attached hydrogens (tertiary/aromatic N) is 1. The highest BCUT2D eigenvalue weighted by atomic mass is 32.2. The Morgan fingerprint density at radius 1 is 1.20 bits per heavy atom. The molecule has 1 N–H and O–H groups in total. The number of hydrogen-bond acceptors (Lipinski definition) is 5. The second-order valence-electron chi connectivity index (χ2n) is 6.86. The molecule has 1 aromatic rings. The minimum atomic E-state index is -2.66. The van der Waals surface area contributed by atoms with E-state index in [4.69, 9.17) is 0 Å². The lowest BCUT2D eigenvalue weighted by Gasteiger charge is -2.40. The molecule has 5 rings (SSSR count). The van der Waals surface area contributed by atoms with Gasteiger partial charge in [0.25, 0.3) is 0 Å². The van der Waals surface area contributed by atoms with Crippen molar-refractivity contribution in [3.63, 3.8) is 0 Å². The van der Waals surface area contributed by atoms with Crippen LogP contribution in [0.25, 0.3) is 0 Å². The van der Waals surface area contributed by atoms with E-state index in [1.165, 1.54) is 11.5 Å². The number of fused-ring (bicyclic) bond motifs is 1. The third kappa shape index (κ3) is 3.01. The van der Waals surface area contributed by atoms with Gasteiger partial charge in [-0.1, -0.05) is 42.5 Å². The molecule has 0 amide bonds. The minimum Gasteiger partial charge on any atom is -0.384 e. The van der Waals surface area contributed by atoms with E-state index < -0.39 is 15.3 Å². The predicted octanol–water partition coefficient (Wildman–Crippen LogP) is 3.81. The third-order valence-electron chi connectivity index (χ3n) is 5.41. The molecule has 3 aliphatic carbocycles. The summed E-state index contributed by atoms with van der Waals surface area (Å²) in [5.41, 5.74) is -1.12. The average molecular weight is 394 g/mol. The molecule has 4 aliphatic rings. The molecule has 0 radical (unpaired) electrons. The summed E-state index contributed by atoms with van der Waals surface area (Å²) in [4.78, 5) is 0.696. The van der Waals surface area contributed by atoms with Gasteiger partial charge in [-0.2, -0.15) is 0 Å². The van der Waals surface area contributed by atoms with Gasteiger partial charge >= 0.3 is 0 Å². The maximum absolute atomic E-state index is 13.5. The topological polar surface area (TPSA) is 49.7 Å². The molecule has 0 unspecified atom stereocenters. The van der Waals surface area contributed by atoms with Crippen molar-refractivity contribution in [1.82, 2.24) is 0 Å². The van der Waals surface area contributed by atoms with Crippen molar-refractivity contribution in [2.45, 2.75) is 21.0 Å². The number of hydrogen-bond donors (Lipinski definition) is 1. The van der Waals surface area contributed by atoms with E-state index in [-0.39, 0.29) is 15.7 Å². The van der Waals surface area contributed by atoms with E-state index in [1.807, 2.05) is 59.9 Å². The molecule has 134 valence electrons. The highest BCUT2D eigenvalue weighted by Crippen LogP contribution is 2.58. The fourth-order valence-corrected chi connectivity index (χ4v) is 9.51. The fourth-order valence-electron chi connectivity index (χ4n) is 3.99. The van der Waals surface area contributed by atoms with Crippen LogP contribution < -0.4 is 0 Å². The third-order valence-corrected chi connectivity index (χ3v) is 11.5. The molecule has 1 saturated heterocycles. The Labute approximate surface area is 158 Å². The molecule has 25 heavy (non-hydrogen) atoms. The SMILES string of the molecule is CN=[S@@](=O)(C[C@@]1(O)C=C[C@H]2C=C[C@H]1CC21SCCS1)c1ccccc1. The molecule has 1 spiro atoms. The second-order valence-corrected chi connectivity index (χ2v) is 12.4. The van der Waals surface area contributed by atoms with Crippen molar-refractivity contribution >= 4 is 33.3 Å². The van der Waals surface area contributed by atoms with Crippen molar-refractivity contribution in [2.24, 2.45) is 16.2 Å². The van der Waals surface area contributed by atoms with Gasteiger partial charge in [-0.05, 0) is 18.6 Å². The van der Waals surface area contributed by atoms with Crippen LogP contribution in [-0.2, 0) is 9.73 Å². The van der Waals surface area contributed by atoms with E-state index >= 15 is 0 Å².